The average Bonchev–Trinajstić information content (AvgIpc) is 3.21. The topological polar surface area (TPSA) is 100 Å². The molecule has 0 bridgehead atoms. The predicted molar refractivity (Wildman–Crippen MR) is 106 cm³/mol. The van der Waals surface area contributed by atoms with Crippen LogP contribution in [0.3, 0.4) is 0 Å². The molecule has 1 aliphatic rings. The van der Waals surface area contributed by atoms with E-state index in [2.05, 4.69) is 5.32 Å². The fourth-order valence-corrected chi connectivity index (χ4v) is 4.27. The largest absolute Gasteiger partial charge is 0.502 e. The van der Waals surface area contributed by atoms with Crippen molar-refractivity contribution in [3.05, 3.63) is 40.1 Å². The first-order valence-corrected chi connectivity index (χ1v) is 9.72. The van der Waals surface area contributed by atoms with Crippen LogP contribution in [0.5, 0.6) is 17.2 Å². The highest BCUT2D eigenvalue weighted by molar-refractivity contribution is 7.80. The predicted octanol–water partition coefficient (Wildman–Crippen LogP) is 2.74. The Bertz CT molecular complexity index is 942. The summed E-state index contributed by atoms with van der Waals surface area (Å²) in [5.41, 5.74) is -3.55. The zero-order chi connectivity index (χ0) is 22.3. The number of nitrogens with one attached hydrogen (secondary N) is 2. The van der Waals surface area contributed by atoms with Gasteiger partial charge in [-0.15, -0.1) is 11.3 Å². The zero-order valence-corrected chi connectivity index (χ0v) is 17.2. The Labute approximate surface area is 178 Å². The van der Waals surface area contributed by atoms with Gasteiger partial charge in [-0.25, -0.2) is 0 Å². The smallest absolute Gasteiger partial charge is 0.437 e. The number of carbonyl (C=O) groups is 1. The van der Waals surface area contributed by atoms with Crippen LogP contribution in [-0.2, 0) is 0 Å². The number of phenolic OH excluding ortho intramolecular Hbond substituents is 1. The first kappa shape index (κ1) is 22.1. The van der Waals surface area contributed by atoms with Gasteiger partial charge >= 0.3 is 6.18 Å². The fraction of sp³-hybridized carbons (Fsp3) is 0.333. The van der Waals surface area contributed by atoms with E-state index in [4.69, 9.17) is 21.7 Å². The molecule has 7 nitrogen and oxygen atoms in total. The van der Waals surface area contributed by atoms with Crippen LogP contribution in [0.4, 0.5) is 13.2 Å². The lowest BCUT2D eigenvalue weighted by atomic mass is 9.78. The van der Waals surface area contributed by atoms with Crippen molar-refractivity contribution in [2.45, 2.75) is 17.9 Å². The fourth-order valence-electron chi connectivity index (χ4n) is 3.28. The number of phenols is 1. The lowest BCUT2D eigenvalue weighted by molar-refractivity contribution is -0.285. The lowest BCUT2D eigenvalue weighted by Crippen LogP contribution is -2.72. The summed E-state index contributed by atoms with van der Waals surface area (Å²) in [6.07, 6.45) is -5.24. The second kappa shape index (κ2) is 7.93. The van der Waals surface area contributed by atoms with Crippen molar-refractivity contribution in [2.75, 3.05) is 14.2 Å². The Morgan fingerprint density at radius 3 is 2.33 bits per heavy atom. The van der Waals surface area contributed by atoms with E-state index < -0.39 is 34.8 Å². The molecule has 1 aromatic heterocycles. The van der Waals surface area contributed by atoms with E-state index in [1.54, 1.807) is 0 Å². The molecule has 1 fully saturated rings. The Balaban J connectivity index is 2.22. The van der Waals surface area contributed by atoms with E-state index in [9.17, 15) is 28.2 Å². The number of halogens is 3. The van der Waals surface area contributed by atoms with E-state index in [1.807, 2.05) is 5.32 Å². The number of hydrogen-bond donors (Lipinski definition) is 4. The number of ether oxygens (including phenoxy) is 2. The number of hydrogen-bond acceptors (Lipinski definition) is 7. The number of ketones is 1. The van der Waals surface area contributed by atoms with Crippen LogP contribution in [0.25, 0.3) is 0 Å². The van der Waals surface area contributed by atoms with Crippen molar-refractivity contribution in [1.29, 1.82) is 0 Å². The Kier molecular flexibility index (Phi) is 5.85. The molecule has 30 heavy (non-hydrogen) atoms. The third-order valence-corrected chi connectivity index (χ3v) is 5.82. The molecule has 3 unspecified atom stereocenters. The van der Waals surface area contributed by atoms with Gasteiger partial charge in [0.15, 0.2) is 22.4 Å². The highest BCUT2D eigenvalue weighted by Crippen LogP contribution is 2.47. The van der Waals surface area contributed by atoms with Crippen LogP contribution < -0.4 is 20.1 Å². The second-order valence-electron chi connectivity index (χ2n) is 6.43. The summed E-state index contributed by atoms with van der Waals surface area (Å²) in [6.45, 7) is 0. The van der Waals surface area contributed by atoms with Crippen molar-refractivity contribution in [1.82, 2.24) is 10.6 Å². The van der Waals surface area contributed by atoms with Gasteiger partial charge in [0.25, 0.3) is 0 Å². The van der Waals surface area contributed by atoms with Gasteiger partial charge in [-0.3, -0.25) is 4.79 Å². The van der Waals surface area contributed by atoms with Gasteiger partial charge in [0.1, 0.15) is 5.92 Å². The quantitative estimate of drug-likeness (QED) is 0.398. The number of methoxy groups -OCH3 is 2. The molecule has 1 aromatic carbocycles. The van der Waals surface area contributed by atoms with Gasteiger partial charge in [-0.1, -0.05) is 6.07 Å². The minimum atomic E-state index is -5.24. The number of aromatic hydroxyl groups is 1. The third-order valence-electron chi connectivity index (χ3n) is 4.71. The van der Waals surface area contributed by atoms with Gasteiger partial charge in [0.2, 0.25) is 11.5 Å². The number of Topliss-reactive ketones (excluding diaryl/α,β-unsaturated/α-hetero) is 1. The maximum absolute atomic E-state index is 14.0. The molecule has 0 radical (unpaired) electrons. The molecule has 0 amide bonds. The number of benzene rings is 1. The molecular weight excluding hydrogens is 445 g/mol. The number of aliphatic hydroxyl groups is 1. The van der Waals surface area contributed by atoms with Gasteiger partial charge in [-0.05, 0) is 41.4 Å². The molecule has 2 heterocycles. The van der Waals surface area contributed by atoms with Crippen molar-refractivity contribution < 1.29 is 37.7 Å². The standard InChI is InChI=1S/C18H17F3N2O5S2/c1-27-9-6-8(7-10(28-2)14(9)24)13-12(15(25)11-4-3-5-30-11)17(26,18(19,20)21)23-16(29)22-13/h3-7,12-13,24,26H,1-2H3,(H2,22,23,29). The molecule has 4 N–H and O–H groups in total. The van der Waals surface area contributed by atoms with Crippen molar-refractivity contribution in [2.24, 2.45) is 5.92 Å². The molecule has 3 rings (SSSR count). The molecule has 2 aromatic rings. The molecule has 3 atom stereocenters. The Morgan fingerprint density at radius 1 is 1.27 bits per heavy atom. The maximum atomic E-state index is 14.0. The summed E-state index contributed by atoms with van der Waals surface area (Å²) in [4.78, 5) is 13.1. The second-order valence-corrected chi connectivity index (χ2v) is 7.79. The van der Waals surface area contributed by atoms with E-state index in [-0.39, 0.29) is 27.7 Å². The van der Waals surface area contributed by atoms with Crippen molar-refractivity contribution in [3.63, 3.8) is 0 Å². The van der Waals surface area contributed by atoms with Gasteiger partial charge < -0.3 is 30.3 Å². The zero-order valence-electron chi connectivity index (χ0n) is 15.6. The van der Waals surface area contributed by atoms with Crippen LogP contribution in [0.2, 0.25) is 0 Å². The van der Waals surface area contributed by atoms with Crippen LogP contribution in [0, 0.1) is 5.92 Å². The molecule has 12 heteroatoms. The number of alkyl halides is 3. The van der Waals surface area contributed by atoms with Crippen molar-refractivity contribution in [3.8, 4) is 17.2 Å². The lowest BCUT2D eigenvalue weighted by Gasteiger charge is -2.46. The van der Waals surface area contributed by atoms with Crippen LogP contribution >= 0.6 is 23.6 Å². The van der Waals surface area contributed by atoms with E-state index in [1.165, 1.54) is 43.9 Å². The first-order chi connectivity index (χ1) is 14.0. The van der Waals surface area contributed by atoms with Gasteiger partial charge in [0.05, 0.1) is 25.1 Å². The number of carbonyl (C=O) groups excluding carboxylic acids is 1. The van der Waals surface area contributed by atoms with Gasteiger partial charge in [0, 0.05) is 0 Å². The number of thiocarbonyl (C=S) groups is 1. The molecule has 0 aliphatic carbocycles. The Morgan fingerprint density at radius 2 is 1.87 bits per heavy atom. The summed E-state index contributed by atoms with van der Waals surface area (Å²) in [6, 6.07) is 3.96. The number of thiophene rings is 1. The molecular formula is C18H17F3N2O5S2. The average molecular weight is 462 g/mol. The SMILES string of the molecule is COc1cc(C2NC(=S)NC(O)(C(F)(F)F)C2C(=O)c2cccs2)cc(OC)c1O. The molecule has 162 valence electrons. The normalized spacial score (nSPS) is 24.0. The summed E-state index contributed by atoms with van der Waals surface area (Å²) in [5.74, 6) is -3.54. The highest BCUT2D eigenvalue weighted by atomic mass is 32.1. The molecule has 0 spiro atoms. The van der Waals surface area contributed by atoms with E-state index >= 15 is 0 Å². The third kappa shape index (κ3) is 3.66. The van der Waals surface area contributed by atoms with Crippen LogP contribution in [-0.4, -0.2) is 47.2 Å². The van der Waals surface area contributed by atoms with Crippen molar-refractivity contribution >= 4 is 34.5 Å². The summed E-state index contributed by atoms with van der Waals surface area (Å²) in [5, 5.41) is 26.3. The summed E-state index contributed by atoms with van der Waals surface area (Å²) >= 11 is 5.83. The Hall–Kier alpha value is -2.57. The van der Waals surface area contributed by atoms with E-state index in [0.717, 1.165) is 11.3 Å². The summed E-state index contributed by atoms with van der Waals surface area (Å²) in [7, 11) is 2.50. The maximum Gasteiger partial charge on any atom is 0.437 e. The van der Waals surface area contributed by atoms with Crippen LogP contribution in [0.15, 0.2) is 29.6 Å². The number of rotatable bonds is 5. The highest BCUT2D eigenvalue weighted by Gasteiger charge is 2.66. The first-order valence-electron chi connectivity index (χ1n) is 8.44. The monoisotopic (exact) mass is 462 g/mol. The molecule has 1 saturated heterocycles. The molecule has 1 aliphatic heterocycles. The van der Waals surface area contributed by atoms with E-state index in [0.29, 0.717) is 0 Å². The molecule has 0 saturated carbocycles. The summed E-state index contributed by atoms with van der Waals surface area (Å²) < 4.78 is 52.0. The van der Waals surface area contributed by atoms with Crippen LogP contribution in [0.1, 0.15) is 21.3 Å². The minimum absolute atomic E-state index is 0.0294. The van der Waals surface area contributed by atoms with Gasteiger partial charge in [-0.2, -0.15) is 13.2 Å². The minimum Gasteiger partial charge on any atom is -0.502 e.